The number of amides is 1. The highest BCUT2D eigenvalue weighted by Gasteiger charge is 2.31. The minimum atomic E-state index is -4.54. The van der Waals surface area contributed by atoms with Crippen molar-refractivity contribution in [3.05, 3.63) is 106 Å². The maximum atomic E-state index is 13.0. The van der Waals surface area contributed by atoms with Crippen molar-refractivity contribution in [3.63, 3.8) is 0 Å². The lowest BCUT2D eigenvalue weighted by Crippen LogP contribution is -2.25. The topological polar surface area (TPSA) is 59.8 Å². The molecule has 4 aromatic rings. The minimum Gasteiger partial charge on any atom is -0.345 e. The molecule has 5 nitrogen and oxygen atoms in total. The van der Waals surface area contributed by atoms with Gasteiger partial charge in [0.2, 0.25) is 0 Å². The average Bonchev–Trinajstić information content (AvgIpc) is 3.25. The van der Waals surface area contributed by atoms with Gasteiger partial charge in [0.1, 0.15) is 0 Å². The zero-order chi connectivity index (χ0) is 25.0. The molecule has 0 aliphatic carbocycles. The lowest BCUT2D eigenvalue weighted by Gasteiger charge is -2.14. The van der Waals surface area contributed by atoms with Crippen molar-refractivity contribution in [1.82, 2.24) is 20.1 Å². The van der Waals surface area contributed by atoms with Gasteiger partial charge in [-0.2, -0.15) is 13.2 Å². The molecule has 1 N–H and O–H groups in total. The molecule has 0 aliphatic rings. The predicted molar refractivity (Wildman–Crippen MR) is 130 cm³/mol. The quantitative estimate of drug-likeness (QED) is 0.286. The fourth-order valence-corrected chi connectivity index (χ4v) is 4.48. The first kappa shape index (κ1) is 24.8. The SMILES string of the molecule is Cc1ccc(Cl)cc1-n1c(CNC(=O)c2cccc(C(F)(F)F)c2)nnc1SCc1ccccc1. The van der Waals surface area contributed by atoms with Gasteiger partial charge in [0.05, 0.1) is 17.8 Å². The van der Waals surface area contributed by atoms with Gasteiger partial charge in [0.15, 0.2) is 11.0 Å². The Hall–Kier alpha value is -3.30. The van der Waals surface area contributed by atoms with E-state index in [1.54, 1.807) is 16.7 Å². The molecule has 0 fully saturated rings. The Balaban J connectivity index is 1.60. The minimum absolute atomic E-state index is 0.0417. The number of carbonyl (C=O) groups excluding carboxylic acids is 1. The zero-order valence-corrected chi connectivity index (χ0v) is 20.1. The molecule has 0 saturated carbocycles. The molecule has 0 unspecified atom stereocenters. The van der Waals surface area contributed by atoms with Gasteiger partial charge < -0.3 is 5.32 Å². The summed E-state index contributed by atoms with van der Waals surface area (Å²) in [6.07, 6.45) is -4.54. The van der Waals surface area contributed by atoms with Gasteiger partial charge in [-0.15, -0.1) is 10.2 Å². The summed E-state index contributed by atoms with van der Waals surface area (Å²) in [5.41, 5.74) is 1.79. The Morgan fingerprint density at radius 2 is 1.80 bits per heavy atom. The number of hydrogen-bond acceptors (Lipinski definition) is 4. The third kappa shape index (κ3) is 6.04. The second-order valence-corrected chi connectivity index (χ2v) is 9.08. The molecule has 0 aliphatic heterocycles. The fourth-order valence-electron chi connectivity index (χ4n) is 3.39. The molecule has 1 amide bonds. The first-order valence-electron chi connectivity index (χ1n) is 10.6. The smallest absolute Gasteiger partial charge is 0.345 e. The van der Waals surface area contributed by atoms with E-state index >= 15 is 0 Å². The Bertz CT molecular complexity index is 1340. The van der Waals surface area contributed by atoms with Gasteiger partial charge in [-0.3, -0.25) is 9.36 Å². The zero-order valence-electron chi connectivity index (χ0n) is 18.5. The Morgan fingerprint density at radius 1 is 1.03 bits per heavy atom. The average molecular weight is 517 g/mol. The van der Waals surface area contributed by atoms with E-state index in [1.807, 2.05) is 43.3 Å². The van der Waals surface area contributed by atoms with Crippen LogP contribution >= 0.6 is 23.4 Å². The number of benzene rings is 3. The summed E-state index contributed by atoms with van der Waals surface area (Å²) in [6, 6.07) is 19.6. The Labute approximate surface area is 209 Å². The number of alkyl halides is 3. The van der Waals surface area contributed by atoms with Gasteiger partial charge in [0.25, 0.3) is 5.91 Å². The van der Waals surface area contributed by atoms with E-state index < -0.39 is 17.6 Å². The summed E-state index contributed by atoms with van der Waals surface area (Å²) < 4.78 is 40.9. The van der Waals surface area contributed by atoms with Crippen LogP contribution in [0, 0.1) is 6.92 Å². The third-order valence-corrected chi connectivity index (χ3v) is 6.42. The molecule has 10 heteroatoms. The van der Waals surface area contributed by atoms with Crippen molar-refractivity contribution >= 4 is 29.3 Å². The number of hydrogen-bond donors (Lipinski definition) is 1. The normalized spacial score (nSPS) is 11.5. The van der Waals surface area contributed by atoms with Crippen LogP contribution in [-0.4, -0.2) is 20.7 Å². The maximum Gasteiger partial charge on any atom is 0.416 e. The molecule has 1 aromatic heterocycles. The highest BCUT2D eigenvalue weighted by Crippen LogP contribution is 2.30. The van der Waals surface area contributed by atoms with Crippen LogP contribution < -0.4 is 5.32 Å². The van der Waals surface area contributed by atoms with Crippen LogP contribution in [0.5, 0.6) is 0 Å². The summed E-state index contributed by atoms with van der Waals surface area (Å²) in [5.74, 6) is 0.424. The van der Waals surface area contributed by atoms with Crippen LogP contribution in [0.3, 0.4) is 0 Å². The Kier molecular flexibility index (Phi) is 7.47. The fraction of sp³-hybridized carbons (Fsp3) is 0.160. The molecule has 0 radical (unpaired) electrons. The number of aromatic nitrogens is 3. The van der Waals surface area contributed by atoms with Crippen LogP contribution in [0.1, 0.15) is 32.9 Å². The summed E-state index contributed by atoms with van der Waals surface area (Å²) in [4.78, 5) is 12.6. The molecule has 180 valence electrons. The first-order valence-corrected chi connectivity index (χ1v) is 11.9. The molecule has 35 heavy (non-hydrogen) atoms. The molecule has 4 rings (SSSR count). The molecular weight excluding hydrogens is 497 g/mol. The van der Waals surface area contributed by atoms with Crippen molar-refractivity contribution in [2.45, 2.75) is 30.6 Å². The van der Waals surface area contributed by atoms with Crippen LogP contribution in [-0.2, 0) is 18.5 Å². The van der Waals surface area contributed by atoms with Gasteiger partial charge in [-0.1, -0.05) is 65.8 Å². The van der Waals surface area contributed by atoms with Crippen LogP contribution in [0.4, 0.5) is 13.2 Å². The summed E-state index contributed by atoms with van der Waals surface area (Å²) in [7, 11) is 0. The lowest BCUT2D eigenvalue weighted by atomic mass is 10.1. The van der Waals surface area contributed by atoms with Crippen LogP contribution in [0.25, 0.3) is 5.69 Å². The number of halogens is 4. The van der Waals surface area contributed by atoms with Gasteiger partial charge in [-0.05, 0) is 48.4 Å². The predicted octanol–water partition coefficient (Wildman–Crippen LogP) is 6.47. The second-order valence-electron chi connectivity index (χ2n) is 7.70. The number of carbonyl (C=O) groups is 1. The van der Waals surface area contributed by atoms with E-state index in [1.165, 1.54) is 23.9 Å². The van der Waals surface area contributed by atoms with Crippen LogP contribution in [0.15, 0.2) is 78.0 Å². The third-order valence-electron chi connectivity index (χ3n) is 5.18. The van der Waals surface area contributed by atoms with Crippen molar-refractivity contribution in [3.8, 4) is 5.69 Å². The van der Waals surface area contributed by atoms with E-state index in [2.05, 4.69) is 15.5 Å². The molecule has 3 aromatic carbocycles. The van der Waals surface area contributed by atoms with Gasteiger partial charge >= 0.3 is 6.18 Å². The van der Waals surface area contributed by atoms with Crippen LogP contribution in [0.2, 0.25) is 5.02 Å². The molecule has 0 saturated heterocycles. The van der Waals surface area contributed by atoms with E-state index in [0.29, 0.717) is 21.8 Å². The number of rotatable bonds is 7. The molecule has 0 atom stereocenters. The van der Waals surface area contributed by atoms with Crippen molar-refractivity contribution in [1.29, 1.82) is 0 Å². The summed E-state index contributed by atoms with van der Waals surface area (Å²) in [6.45, 7) is 1.88. The molecule has 0 bridgehead atoms. The number of aryl methyl sites for hydroxylation is 1. The van der Waals surface area contributed by atoms with Gasteiger partial charge in [0, 0.05) is 16.3 Å². The Morgan fingerprint density at radius 3 is 2.54 bits per heavy atom. The highest BCUT2D eigenvalue weighted by atomic mass is 35.5. The number of nitrogens with one attached hydrogen (secondary N) is 1. The molecular formula is C25H20ClF3N4OS. The number of nitrogens with zero attached hydrogens (tertiary/aromatic N) is 3. The molecule has 0 spiro atoms. The maximum absolute atomic E-state index is 13.0. The van der Waals surface area contributed by atoms with Crippen molar-refractivity contribution in [2.24, 2.45) is 0 Å². The van der Waals surface area contributed by atoms with E-state index in [-0.39, 0.29) is 12.1 Å². The van der Waals surface area contributed by atoms with Crippen molar-refractivity contribution < 1.29 is 18.0 Å². The highest BCUT2D eigenvalue weighted by molar-refractivity contribution is 7.98. The van der Waals surface area contributed by atoms with Crippen molar-refractivity contribution in [2.75, 3.05) is 0 Å². The summed E-state index contributed by atoms with van der Waals surface area (Å²) >= 11 is 7.72. The standard InChI is InChI=1S/C25H20ClF3N4OS/c1-16-10-11-20(26)13-21(16)33-22(31-32-24(33)35-15-17-6-3-2-4-7-17)14-30-23(34)18-8-5-9-19(12-18)25(27,28)29/h2-13H,14-15H2,1H3,(H,30,34). The van der Waals surface area contributed by atoms with E-state index in [0.717, 1.165) is 28.9 Å². The van der Waals surface area contributed by atoms with E-state index in [4.69, 9.17) is 11.6 Å². The largest absolute Gasteiger partial charge is 0.416 e. The lowest BCUT2D eigenvalue weighted by molar-refractivity contribution is -0.137. The number of thioether (sulfide) groups is 1. The van der Waals surface area contributed by atoms with E-state index in [9.17, 15) is 18.0 Å². The van der Waals surface area contributed by atoms with Gasteiger partial charge in [-0.25, -0.2) is 0 Å². The first-order chi connectivity index (χ1) is 16.7. The molecule has 1 heterocycles. The second kappa shape index (κ2) is 10.5. The monoisotopic (exact) mass is 516 g/mol. The summed E-state index contributed by atoms with van der Waals surface area (Å²) in [5, 5.41) is 12.3.